The second-order valence-corrected chi connectivity index (χ2v) is 9.54. The summed E-state index contributed by atoms with van der Waals surface area (Å²) < 4.78 is 5.43. The highest BCUT2D eigenvalue weighted by Crippen LogP contribution is 2.44. The van der Waals surface area contributed by atoms with E-state index in [4.69, 9.17) is 10.5 Å². The van der Waals surface area contributed by atoms with Crippen LogP contribution in [0.4, 0.5) is 16.2 Å². The van der Waals surface area contributed by atoms with Gasteiger partial charge in [-0.15, -0.1) is 0 Å². The number of likely N-dealkylation sites (N-methyl/N-ethyl adjacent to an activating group) is 1. The molecule has 3 aromatic rings. The number of hydrogen-bond acceptors (Lipinski definition) is 7. The predicted molar refractivity (Wildman–Crippen MR) is 142 cm³/mol. The van der Waals surface area contributed by atoms with E-state index in [0.29, 0.717) is 54.5 Å². The molecule has 1 aliphatic carbocycles. The van der Waals surface area contributed by atoms with Crippen molar-refractivity contribution in [3.63, 3.8) is 0 Å². The summed E-state index contributed by atoms with van der Waals surface area (Å²) in [6, 6.07) is 13.1. The molecule has 0 unspecified atom stereocenters. The van der Waals surface area contributed by atoms with Crippen molar-refractivity contribution in [2.75, 3.05) is 68.9 Å². The highest BCUT2D eigenvalue weighted by atomic mass is 16.5. The number of H-pyrrole nitrogens is 1. The molecule has 192 valence electrons. The average Bonchev–Trinajstić information content (AvgIpc) is 3.49. The van der Waals surface area contributed by atoms with Crippen molar-refractivity contribution in [3.8, 4) is 22.5 Å². The van der Waals surface area contributed by atoms with E-state index in [1.54, 1.807) is 6.07 Å². The molecule has 3 N–H and O–H groups in total. The van der Waals surface area contributed by atoms with E-state index in [2.05, 4.69) is 39.1 Å². The van der Waals surface area contributed by atoms with Crippen molar-refractivity contribution >= 4 is 23.2 Å². The van der Waals surface area contributed by atoms with Gasteiger partial charge in [0.1, 0.15) is 5.69 Å². The second-order valence-electron chi connectivity index (χ2n) is 9.54. The van der Waals surface area contributed by atoms with Crippen LogP contribution in [-0.4, -0.2) is 90.9 Å². The van der Waals surface area contributed by atoms with Crippen molar-refractivity contribution in [1.29, 1.82) is 0 Å². The van der Waals surface area contributed by atoms with E-state index >= 15 is 0 Å². The molecule has 2 aliphatic heterocycles. The predicted octanol–water partition coefficient (Wildman–Crippen LogP) is 2.56. The van der Waals surface area contributed by atoms with Gasteiger partial charge in [0.2, 0.25) is 0 Å². The number of ether oxygens (including phenoxy) is 1. The molecule has 3 aliphatic rings. The molecule has 2 amide bonds. The number of piperazine rings is 1. The van der Waals surface area contributed by atoms with Crippen LogP contribution in [0.3, 0.4) is 0 Å². The minimum atomic E-state index is -0.632. The fraction of sp³-hybridized carbons (Fsp3) is 0.370. The summed E-state index contributed by atoms with van der Waals surface area (Å²) in [7, 11) is 0. The molecular weight excluding hydrogens is 470 g/mol. The van der Waals surface area contributed by atoms with Gasteiger partial charge in [-0.25, -0.2) is 14.8 Å². The number of urea groups is 1. The monoisotopic (exact) mass is 501 g/mol. The summed E-state index contributed by atoms with van der Waals surface area (Å²) in [5.41, 5.74) is 11.3. The van der Waals surface area contributed by atoms with E-state index in [0.717, 1.165) is 43.9 Å². The maximum Gasteiger partial charge on any atom is 0.334 e. The summed E-state index contributed by atoms with van der Waals surface area (Å²) in [6.45, 7) is 9.41. The number of rotatable bonds is 5. The lowest BCUT2D eigenvalue weighted by atomic mass is 10.0. The van der Waals surface area contributed by atoms with Crippen molar-refractivity contribution < 1.29 is 14.3 Å². The fourth-order valence-electron chi connectivity index (χ4n) is 5.57. The van der Waals surface area contributed by atoms with Crippen LogP contribution in [0.25, 0.3) is 22.5 Å². The van der Waals surface area contributed by atoms with Crippen molar-refractivity contribution in [3.05, 3.63) is 53.6 Å². The molecule has 2 fully saturated rings. The number of anilines is 2. The molecule has 6 rings (SSSR count). The van der Waals surface area contributed by atoms with Crippen molar-refractivity contribution in [2.24, 2.45) is 5.73 Å². The number of ketones is 1. The summed E-state index contributed by atoms with van der Waals surface area (Å²) in [5, 5.41) is 10.8. The molecule has 0 saturated carbocycles. The third-order valence-corrected chi connectivity index (χ3v) is 7.56. The minimum absolute atomic E-state index is 0.163. The van der Waals surface area contributed by atoms with E-state index in [1.165, 1.54) is 10.7 Å². The molecule has 2 aromatic carbocycles. The van der Waals surface area contributed by atoms with Gasteiger partial charge < -0.3 is 20.3 Å². The number of aromatic nitrogens is 2. The molecule has 3 heterocycles. The number of hydrazine groups is 1. The maximum absolute atomic E-state index is 13.9. The Morgan fingerprint density at radius 3 is 2.43 bits per heavy atom. The number of fused-ring (bicyclic) bond motifs is 3. The number of hydrogen-bond donors (Lipinski definition) is 2. The largest absolute Gasteiger partial charge is 0.379 e. The Morgan fingerprint density at radius 1 is 1.03 bits per heavy atom. The molecule has 10 nitrogen and oxygen atoms in total. The quantitative estimate of drug-likeness (QED) is 0.432. The Hall–Kier alpha value is -3.73. The zero-order valence-corrected chi connectivity index (χ0v) is 20.9. The van der Waals surface area contributed by atoms with Crippen molar-refractivity contribution in [1.82, 2.24) is 20.1 Å². The van der Waals surface area contributed by atoms with Crippen LogP contribution in [0.1, 0.15) is 22.8 Å². The van der Waals surface area contributed by atoms with Crippen LogP contribution in [0, 0.1) is 0 Å². The Morgan fingerprint density at radius 2 is 1.76 bits per heavy atom. The lowest BCUT2D eigenvalue weighted by Gasteiger charge is -2.36. The van der Waals surface area contributed by atoms with E-state index in [1.807, 2.05) is 29.3 Å². The van der Waals surface area contributed by atoms with Gasteiger partial charge in [-0.1, -0.05) is 31.2 Å². The van der Waals surface area contributed by atoms with Crippen molar-refractivity contribution in [2.45, 2.75) is 6.92 Å². The first-order valence-corrected chi connectivity index (χ1v) is 12.8. The molecule has 10 heteroatoms. The number of carbonyl (C=O) groups is 2. The van der Waals surface area contributed by atoms with Gasteiger partial charge in [0.05, 0.1) is 35.7 Å². The number of morpholine rings is 1. The number of benzene rings is 2. The SMILES string of the molecule is CCN1CCN(c2ccc(-c3n[nH]c4c3C(=O)c3c-4cccc3N(C(N)=O)N3CCOCC3)cc2)CC1. The molecule has 2 saturated heterocycles. The van der Waals surface area contributed by atoms with Gasteiger partial charge in [0.15, 0.2) is 5.78 Å². The zero-order valence-electron chi connectivity index (χ0n) is 20.9. The number of carbonyl (C=O) groups excluding carboxylic acids is 2. The van der Waals surface area contributed by atoms with Crippen LogP contribution >= 0.6 is 0 Å². The first-order valence-electron chi connectivity index (χ1n) is 12.8. The van der Waals surface area contributed by atoms with Gasteiger partial charge in [-0.05, 0) is 24.7 Å². The van der Waals surface area contributed by atoms with Crippen LogP contribution in [0.15, 0.2) is 42.5 Å². The minimum Gasteiger partial charge on any atom is -0.379 e. The maximum atomic E-state index is 13.9. The average molecular weight is 502 g/mol. The topological polar surface area (TPSA) is 111 Å². The van der Waals surface area contributed by atoms with E-state index < -0.39 is 6.03 Å². The van der Waals surface area contributed by atoms with Crippen LogP contribution in [0.5, 0.6) is 0 Å². The van der Waals surface area contributed by atoms with Gasteiger partial charge in [-0.2, -0.15) is 5.10 Å². The smallest absolute Gasteiger partial charge is 0.334 e. The third-order valence-electron chi connectivity index (χ3n) is 7.56. The Bertz CT molecular complexity index is 1320. The number of primary amides is 1. The molecule has 0 bridgehead atoms. The second kappa shape index (κ2) is 9.62. The van der Waals surface area contributed by atoms with Crippen LogP contribution < -0.4 is 15.6 Å². The Kier molecular flexibility index (Phi) is 6.15. The number of nitrogens with two attached hydrogens (primary N) is 1. The number of nitrogens with one attached hydrogen (secondary N) is 1. The lowest BCUT2D eigenvalue weighted by molar-refractivity contribution is 0.0364. The highest BCUT2D eigenvalue weighted by Gasteiger charge is 2.38. The standard InChI is InChI=1S/C27H31N7O3/c1-2-31-10-12-32(13-11-31)19-8-6-18(7-9-19)24-23-25(30-29-24)20-4-3-5-21(22(20)26(23)35)34(27(28)36)33-14-16-37-17-15-33/h3-9H,2,10-17H2,1H3,(H2,28,36)(H,29,30). The Balaban J connectivity index is 1.31. The summed E-state index contributed by atoms with van der Waals surface area (Å²) in [4.78, 5) is 31.2. The first-order chi connectivity index (χ1) is 18.1. The number of nitrogens with zero attached hydrogens (tertiary/aromatic N) is 5. The molecule has 1 aromatic heterocycles. The molecule has 0 atom stereocenters. The summed E-state index contributed by atoms with van der Waals surface area (Å²) >= 11 is 0. The van der Waals surface area contributed by atoms with Crippen LogP contribution in [-0.2, 0) is 4.74 Å². The molecule has 37 heavy (non-hydrogen) atoms. The van der Waals surface area contributed by atoms with Crippen LogP contribution in [0.2, 0.25) is 0 Å². The molecular formula is C27H31N7O3. The van der Waals surface area contributed by atoms with Gasteiger partial charge in [0.25, 0.3) is 0 Å². The highest BCUT2D eigenvalue weighted by molar-refractivity contribution is 6.27. The zero-order chi connectivity index (χ0) is 25.5. The molecule has 0 spiro atoms. The van der Waals surface area contributed by atoms with E-state index in [-0.39, 0.29) is 5.78 Å². The fourth-order valence-corrected chi connectivity index (χ4v) is 5.57. The summed E-state index contributed by atoms with van der Waals surface area (Å²) in [5.74, 6) is -0.163. The number of amides is 2. The summed E-state index contributed by atoms with van der Waals surface area (Å²) in [6.07, 6.45) is 0. The third kappa shape index (κ3) is 4.07. The lowest BCUT2D eigenvalue weighted by Crippen LogP contribution is -2.54. The number of aromatic amines is 1. The molecule has 0 radical (unpaired) electrons. The van der Waals surface area contributed by atoms with Gasteiger partial charge in [-0.3, -0.25) is 9.89 Å². The Labute approximate surface area is 215 Å². The normalized spacial score (nSPS) is 18.1. The van der Waals surface area contributed by atoms with Gasteiger partial charge in [0, 0.05) is 56.1 Å². The van der Waals surface area contributed by atoms with E-state index in [9.17, 15) is 9.59 Å². The first kappa shape index (κ1) is 23.7. The van der Waals surface area contributed by atoms with Gasteiger partial charge >= 0.3 is 6.03 Å².